The molecule has 0 spiro atoms. The summed E-state index contributed by atoms with van der Waals surface area (Å²) in [6.45, 7) is 0. The fourth-order valence-corrected chi connectivity index (χ4v) is 2.89. The van der Waals surface area contributed by atoms with Crippen molar-refractivity contribution in [2.75, 3.05) is 0 Å². The number of esters is 1. The van der Waals surface area contributed by atoms with E-state index in [9.17, 15) is 9.59 Å². The van der Waals surface area contributed by atoms with E-state index < -0.39 is 0 Å². The van der Waals surface area contributed by atoms with Crippen LogP contribution in [0.15, 0.2) is 53.9 Å². The third kappa shape index (κ3) is 2.85. The summed E-state index contributed by atoms with van der Waals surface area (Å²) in [4.78, 5) is 24.2. The summed E-state index contributed by atoms with van der Waals surface area (Å²) < 4.78 is 5.35. The van der Waals surface area contributed by atoms with Crippen molar-refractivity contribution in [1.29, 1.82) is 0 Å². The maximum atomic E-state index is 12.0. The molecule has 0 bridgehead atoms. The molecule has 2 aromatic carbocycles. The largest absolute Gasteiger partial charge is 0.425 e. The van der Waals surface area contributed by atoms with Crippen molar-refractivity contribution < 1.29 is 14.3 Å². The molecule has 0 unspecified atom stereocenters. The molecule has 0 N–H and O–H groups in total. The van der Waals surface area contributed by atoms with E-state index in [1.807, 2.05) is 47.8 Å². The number of hydrogen-bond donors (Lipinski definition) is 0. The average Bonchev–Trinajstić information content (AvgIpc) is 2.99. The van der Waals surface area contributed by atoms with E-state index in [0.29, 0.717) is 11.3 Å². The van der Waals surface area contributed by atoms with Crippen LogP contribution in [0.5, 0.6) is 5.75 Å². The van der Waals surface area contributed by atoms with Crippen LogP contribution in [-0.4, -0.2) is 12.3 Å². The SMILES string of the molecule is O=Cc1c(OC(=O)Cc2cccs2)ccc2ccccc12. The number of rotatable bonds is 4. The molecular formula is C17H12O3S. The van der Waals surface area contributed by atoms with Gasteiger partial charge in [-0.3, -0.25) is 9.59 Å². The number of aldehydes is 1. The van der Waals surface area contributed by atoms with E-state index in [1.165, 1.54) is 11.3 Å². The van der Waals surface area contributed by atoms with Crippen LogP contribution < -0.4 is 4.74 Å². The quantitative estimate of drug-likeness (QED) is 0.417. The monoisotopic (exact) mass is 296 g/mol. The summed E-state index contributed by atoms with van der Waals surface area (Å²) in [6, 6.07) is 14.8. The van der Waals surface area contributed by atoms with Gasteiger partial charge in [0.15, 0.2) is 6.29 Å². The van der Waals surface area contributed by atoms with Crippen LogP contribution in [0.4, 0.5) is 0 Å². The highest BCUT2D eigenvalue weighted by Crippen LogP contribution is 2.27. The molecule has 0 amide bonds. The second-order valence-corrected chi connectivity index (χ2v) is 5.58. The van der Waals surface area contributed by atoms with E-state index in [0.717, 1.165) is 21.9 Å². The van der Waals surface area contributed by atoms with Crippen molar-refractivity contribution in [2.45, 2.75) is 6.42 Å². The lowest BCUT2D eigenvalue weighted by Crippen LogP contribution is -2.11. The first-order chi connectivity index (χ1) is 10.3. The van der Waals surface area contributed by atoms with Gasteiger partial charge >= 0.3 is 5.97 Å². The fourth-order valence-electron chi connectivity index (χ4n) is 2.20. The second-order valence-electron chi connectivity index (χ2n) is 4.55. The van der Waals surface area contributed by atoms with Crippen molar-refractivity contribution in [3.63, 3.8) is 0 Å². The highest BCUT2D eigenvalue weighted by atomic mass is 32.1. The summed E-state index contributed by atoms with van der Waals surface area (Å²) >= 11 is 1.50. The minimum Gasteiger partial charge on any atom is -0.425 e. The van der Waals surface area contributed by atoms with Gasteiger partial charge in [-0.05, 0) is 28.3 Å². The van der Waals surface area contributed by atoms with E-state index in [1.54, 1.807) is 6.07 Å². The molecule has 0 saturated carbocycles. The zero-order valence-corrected chi connectivity index (χ0v) is 11.9. The number of fused-ring (bicyclic) bond motifs is 1. The summed E-state index contributed by atoms with van der Waals surface area (Å²) in [5.41, 5.74) is 0.410. The van der Waals surface area contributed by atoms with Crippen molar-refractivity contribution in [3.8, 4) is 5.75 Å². The van der Waals surface area contributed by atoms with E-state index in [-0.39, 0.29) is 12.4 Å². The van der Waals surface area contributed by atoms with Gasteiger partial charge in [-0.15, -0.1) is 11.3 Å². The van der Waals surface area contributed by atoms with Crippen molar-refractivity contribution in [1.82, 2.24) is 0 Å². The average molecular weight is 296 g/mol. The lowest BCUT2D eigenvalue weighted by Gasteiger charge is -2.08. The van der Waals surface area contributed by atoms with E-state index >= 15 is 0 Å². The topological polar surface area (TPSA) is 43.4 Å². The first-order valence-electron chi connectivity index (χ1n) is 6.48. The smallest absolute Gasteiger partial charge is 0.316 e. The second kappa shape index (κ2) is 5.89. The van der Waals surface area contributed by atoms with Gasteiger partial charge in [0.1, 0.15) is 5.75 Å². The van der Waals surface area contributed by atoms with Crippen LogP contribution in [0.25, 0.3) is 10.8 Å². The highest BCUT2D eigenvalue weighted by molar-refractivity contribution is 7.10. The van der Waals surface area contributed by atoms with Crippen LogP contribution in [-0.2, 0) is 11.2 Å². The number of carbonyl (C=O) groups excluding carboxylic acids is 2. The van der Waals surface area contributed by atoms with Crippen LogP contribution in [0, 0.1) is 0 Å². The van der Waals surface area contributed by atoms with Crippen molar-refractivity contribution in [3.05, 3.63) is 64.4 Å². The highest BCUT2D eigenvalue weighted by Gasteiger charge is 2.13. The molecule has 1 heterocycles. The molecule has 0 atom stereocenters. The number of hydrogen-bond acceptors (Lipinski definition) is 4. The summed E-state index contributed by atoms with van der Waals surface area (Å²) in [5, 5.41) is 3.64. The van der Waals surface area contributed by atoms with Gasteiger partial charge < -0.3 is 4.74 Å². The van der Waals surface area contributed by atoms with E-state index in [4.69, 9.17) is 4.74 Å². The molecule has 0 fully saturated rings. The maximum Gasteiger partial charge on any atom is 0.316 e. The molecule has 0 aliphatic carbocycles. The standard InChI is InChI=1S/C17H12O3S/c18-11-15-14-6-2-1-4-12(14)7-8-16(15)20-17(19)10-13-5-3-9-21-13/h1-9,11H,10H2. The number of carbonyl (C=O) groups is 2. The van der Waals surface area contributed by atoms with Gasteiger partial charge in [-0.2, -0.15) is 0 Å². The number of benzene rings is 2. The Morgan fingerprint density at radius 2 is 1.95 bits per heavy atom. The lowest BCUT2D eigenvalue weighted by molar-refractivity contribution is -0.133. The Morgan fingerprint density at radius 1 is 1.10 bits per heavy atom. The molecule has 3 nitrogen and oxygen atoms in total. The molecule has 3 rings (SSSR count). The Bertz CT molecular complexity index is 791. The Hall–Kier alpha value is -2.46. The Labute approximate surface area is 125 Å². The molecule has 3 aromatic rings. The first kappa shape index (κ1) is 13.5. The molecule has 0 saturated heterocycles. The van der Waals surface area contributed by atoms with Crippen LogP contribution >= 0.6 is 11.3 Å². The third-order valence-corrected chi connectivity index (χ3v) is 4.05. The zero-order valence-electron chi connectivity index (χ0n) is 11.1. The summed E-state index contributed by atoms with van der Waals surface area (Å²) in [6.07, 6.45) is 0.943. The summed E-state index contributed by atoms with van der Waals surface area (Å²) in [5.74, 6) is -0.0545. The predicted molar refractivity (Wildman–Crippen MR) is 83.0 cm³/mol. The lowest BCUT2D eigenvalue weighted by atomic mass is 10.0. The Kier molecular flexibility index (Phi) is 3.79. The molecule has 21 heavy (non-hydrogen) atoms. The molecule has 4 heteroatoms. The molecule has 1 aromatic heterocycles. The normalized spacial score (nSPS) is 10.5. The van der Waals surface area contributed by atoms with Crippen LogP contribution in [0.3, 0.4) is 0 Å². The Balaban J connectivity index is 1.89. The molecule has 0 radical (unpaired) electrons. The van der Waals surface area contributed by atoms with E-state index in [2.05, 4.69) is 0 Å². The maximum absolute atomic E-state index is 12.0. The van der Waals surface area contributed by atoms with Gasteiger partial charge in [0.05, 0.1) is 12.0 Å². The fraction of sp³-hybridized carbons (Fsp3) is 0.0588. The van der Waals surface area contributed by atoms with Gasteiger partial charge in [-0.25, -0.2) is 0 Å². The minimum absolute atomic E-state index is 0.211. The van der Waals surface area contributed by atoms with Gasteiger partial charge in [0.2, 0.25) is 0 Å². The summed E-state index contributed by atoms with van der Waals surface area (Å²) in [7, 11) is 0. The van der Waals surface area contributed by atoms with Gasteiger partial charge in [0, 0.05) is 4.88 Å². The van der Waals surface area contributed by atoms with Gasteiger partial charge in [0.25, 0.3) is 0 Å². The predicted octanol–water partition coefficient (Wildman–Crippen LogP) is 3.86. The molecule has 104 valence electrons. The molecule has 0 aliphatic heterocycles. The first-order valence-corrected chi connectivity index (χ1v) is 7.36. The number of thiophene rings is 1. The third-order valence-electron chi connectivity index (χ3n) is 3.17. The minimum atomic E-state index is -0.365. The number of ether oxygens (including phenoxy) is 1. The molecular weight excluding hydrogens is 284 g/mol. The van der Waals surface area contributed by atoms with Crippen LogP contribution in [0.1, 0.15) is 15.2 Å². The van der Waals surface area contributed by atoms with Crippen molar-refractivity contribution >= 4 is 34.4 Å². The Morgan fingerprint density at radius 3 is 2.71 bits per heavy atom. The van der Waals surface area contributed by atoms with Crippen LogP contribution in [0.2, 0.25) is 0 Å². The van der Waals surface area contributed by atoms with Gasteiger partial charge in [-0.1, -0.05) is 36.4 Å². The van der Waals surface area contributed by atoms with Crippen molar-refractivity contribution in [2.24, 2.45) is 0 Å². The molecule has 0 aliphatic rings. The zero-order chi connectivity index (χ0) is 14.7.